The van der Waals surface area contributed by atoms with Crippen LogP contribution >= 0.6 is 11.3 Å². The van der Waals surface area contributed by atoms with Gasteiger partial charge in [0.2, 0.25) is 5.91 Å². The topological polar surface area (TPSA) is 78.5 Å². The second kappa shape index (κ2) is 7.94. The molecule has 7 heteroatoms. The molecule has 0 saturated carbocycles. The van der Waals surface area contributed by atoms with Crippen molar-refractivity contribution in [1.82, 2.24) is 15.5 Å². The first-order valence-corrected chi connectivity index (χ1v) is 8.96. The fourth-order valence-corrected chi connectivity index (χ4v) is 3.32. The summed E-state index contributed by atoms with van der Waals surface area (Å²) in [5, 5.41) is 7.31. The van der Waals surface area contributed by atoms with Crippen LogP contribution in [0.4, 0.5) is 4.79 Å². The zero-order chi connectivity index (χ0) is 17.6. The van der Waals surface area contributed by atoms with Crippen molar-refractivity contribution in [2.75, 3.05) is 6.54 Å². The number of amides is 4. The smallest absolute Gasteiger partial charge is 0.325 e. The highest BCUT2D eigenvalue weighted by Crippen LogP contribution is 2.13. The highest BCUT2D eigenvalue weighted by atomic mass is 32.1. The lowest BCUT2D eigenvalue weighted by atomic mass is 10.1. The molecule has 1 saturated heterocycles. The Kier molecular flexibility index (Phi) is 5.45. The SMILES string of the molecule is O=C(CN1C(=O)N[C@@H](CCc2ccccc2)C1=O)NCc1cccs1. The Bertz CT molecular complexity index is 746. The quantitative estimate of drug-likeness (QED) is 0.743. The highest BCUT2D eigenvalue weighted by Gasteiger charge is 2.38. The molecule has 2 N–H and O–H groups in total. The Morgan fingerprint density at radius 2 is 1.96 bits per heavy atom. The van der Waals surface area contributed by atoms with Gasteiger partial charge in [-0.3, -0.25) is 14.5 Å². The van der Waals surface area contributed by atoms with Gasteiger partial charge in [-0.2, -0.15) is 0 Å². The van der Waals surface area contributed by atoms with Crippen molar-refractivity contribution in [1.29, 1.82) is 0 Å². The average Bonchev–Trinajstić information content (AvgIpc) is 3.23. The second-order valence-corrected chi connectivity index (χ2v) is 6.84. The van der Waals surface area contributed by atoms with Crippen LogP contribution in [0, 0.1) is 0 Å². The van der Waals surface area contributed by atoms with E-state index in [1.807, 2.05) is 47.8 Å². The molecule has 25 heavy (non-hydrogen) atoms. The van der Waals surface area contributed by atoms with E-state index in [0.29, 0.717) is 19.4 Å². The molecule has 0 spiro atoms. The van der Waals surface area contributed by atoms with Gasteiger partial charge in [0, 0.05) is 4.88 Å². The van der Waals surface area contributed by atoms with E-state index in [9.17, 15) is 14.4 Å². The van der Waals surface area contributed by atoms with Gasteiger partial charge in [-0.25, -0.2) is 4.79 Å². The molecule has 0 radical (unpaired) electrons. The Morgan fingerprint density at radius 1 is 1.16 bits per heavy atom. The molecule has 2 heterocycles. The molecule has 2 aromatic rings. The average molecular weight is 357 g/mol. The molecule has 1 aliphatic heterocycles. The first kappa shape index (κ1) is 17.2. The van der Waals surface area contributed by atoms with Crippen LogP contribution in [0.5, 0.6) is 0 Å². The van der Waals surface area contributed by atoms with E-state index in [1.165, 1.54) is 11.3 Å². The van der Waals surface area contributed by atoms with Crippen molar-refractivity contribution in [2.24, 2.45) is 0 Å². The second-order valence-electron chi connectivity index (χ2n) is 5.81. The molecule has 0 bridgehead atoms. The minimum Gasteiger partial charge on any atom is -0.350 e. The van der Waals surface area contributed by atoms with Gasteiger partial charge in [0.05, 0.1) is 6.54 Å². The number of nitrogens with zero attached hydrogens (tertiary/aromatic N) is 1. The van der Waals surface area contributed by atoms with Gasteiger partial charge in [-0.1, -0.05) is 36.4 Å². The summed E-state index contributed by atoms with van der Waals surface area (Å²) in [6.45, 7) is 0.148. The van der Waals surface area contributed by atoms with Crippen LogP contribution in [0.15, 0.2) is 47.8 Å². The largest absolute Gasteiger partial charge is 0.350 e. The predicted molar refractivity (Wildman–Crippen MR) is 95.0 cm³/mol. The first-order valence-electron chi connectivity index (χ1n) is 8.08. The number of urea groups is 1. The molecule has 1 aromatic heterocycles. The predicted octanol–water partition coefficient (Wildman–Crippen LogP) is 1.92. The van der Waals surface area contributed by atoms with Crippen LogP contribution in [-0.4, -0.2) is 35.3 Å². The van der Waals surface area contributed by atoms with E-state index < -0.39 is 12.1 Å². The van der Waals surface area contributed by atoms with Crippen molar-refractivity contribution < 1.29 is 14.4 Å². The summed E-state index contributed by atoms with van der Waals surface area (Å²) in [4.78, 5) is 38.4. The Balaban J connectivity index is 1.49. The van der Waals surface area contributed by atoms with Gasteiger partial charge >= 0.3 is 6.03 Å². The molecule has 1 fully saturated rings. The number of hydrogen-bond acceptors (Lipinski definition) is 4. The molecule has 6 nitrogen and oxygen atoms in total. The molecule has 0 unspecified atom stereocenters. The standard InChI is InChI=1S/C18H19N3O3S/c22-16(19-11-14-7-4-10-25-14)12-21-17(23)15(20-18(21)24)9-8-13-5-2-1-3-6-13/h1-7,10,15H,8-9,11-12H2,(H,19,22)(H,20,24)/t15-/m0/s1. The van der Waals surface area contributed by atoms with Crippen molar-refractivity contribution in [3.05, 3.63) is 58.3 Å². The van der Waals surface area contributed by atoms with Crippen molar-refractivity contribution in [2.45, 2.75) is 25.4 Å². The van der Waals surface area contributed by atoms with Gasteiger partial charge in [0.25, 0.3) is 5.91 Å². The Hall–Kier alpha value is -2.67. The number of thiophene rings is 1. The zero-order valence-electron chi connectivity index (χ0n) is 13.6. The van der Waals surface area contributed by atoms with E-state index in [-0.39, 0.29) is 18.4 Å². The maximum atomic E-state index is 12.4. The van der Waals surface area contributed by atoms with Crippen molar-refractivity contribution in [3.63, 3.8) is 0 Å². The van der Waals surface area contributed by atoms with Gasteiger partial charge in [-0.15, -0.1) is 11.3 Å². The Morgan fingerprint density at radius 3 is 2.68 bits per heavy atom. The lowest BCUT2D eigenvalue weighted by molar-refractivity contribution is -0.132. The summed E-state index contributed by atoms with van der Waals surface area (Å²) in [5.74, 6) is -0.687. The molecule has 1 aromatic carbocycles. The summed E-state index contributed by atoms with van der Waals surface area (Å²) in [6, 6.07) is 12.5. The highest BCUT2D eigenvalue weighted by molar-refractivity contribution is 7.09. The Labute approximate surface area is 149 Å². The normalized spacial score (nSPS) is 16.8. The molecular formula is C18H19N3O3S. The van der Waals surface area contributed by atoms with Crippen molar-refractivity contribution in [3.8, 4) is 0 Å². The summed E-state index contributed by atoms with van der Waals surface area (Å²) >= 11 is 1.54. The maximum absolute atomic E-state index is 12.4. The number of carbonyl (C=O) groups excluding carboxylic acids is 3. The minimum absolute atomic E-state index is 0.252. The number of hydrogen-bond donors (Lipinski definition) is 2. The van der Waals surface area contributed by atoms with E-state index in [4.69, 9.17) is 0 Å². The van der Waals surface area contributed by atoms with Crippen LogP contribution in [0.1, 0.15) is 16.9 Å². The molecule has 0 aliphatic carbocycles. The molecular weight excluding hydrogens is 338 g/mol. The van der Waals surface area contributed by atoms with Gasteiger partial charge in [0.15, 0.2) is 0 Å². The van der Waals surface area contributed by atoms with E-state index in [1.54, 1.807) is 0 Å². The molecule has 3 rings (SSSR count). The van der Waals surface area contributed by atoms with Gasteiger partial charge in [-0.05, 0) is 29.9 Å². The van der Waals surface area contributed by atoms with Crippen molar-refractivity contribution >= 4 is 29.2 Å². The lowest BCUT2D eigenvalue weighted by Crippen LogP contribution is -2.40. The molecule has 130 valence electrons. The number of carbonyl (C=O) groups is 3. The minimum atomic E-state index is -0.571. The summed E-state index contributed by atoms with van der Waals surface area (Å²) in [5.41, 5.74) is 1.11. The lowest BCUT2D eigenvalue weighted by Gasteiger charge is -2.12. The van der Waals surface area contributed by atoms with Crippen LogP contribution in [0.25, 0.3) is 0 Å². The van der Waals surface area contributed by atoms with Crippen LogP contribution < -0.4 is 10.6 Å². The van der Waals surface area contributed by atoms with E-state index in [2.05, 4.69) is 10.6 Å². The molecule has 1 aliphatic rings. The number of benzene rings is 1. The number of nitrogens with one attached hydrogen (secondary N) is 2. The summed E-state index contributed by atoms with van der Waals surface area (Å²) < 4.78 is 0. The van der Waals surface area contributed by atoms with E-state index >= 15 is 0 Å². The number of aryl methyl sites for hydroxylation is 1. The molecule has 1 atom stereocenters. The third-order valence-electron chi connectivity index (χ3n) is 4.01. The first-order chi connectivity index (χ1) is 12.1. The number of rotatable bonds is 7. The number of imide groups is 1. The monoisotopic (exact) mass is 357 g/mol. The van der Waals surface area contributed by atoms with Crippen LogP contribution in [-0.2, 0) is 22.6 Å². The zero-order valence-corrected chi connectivity index (χ0v) is 14.4. The fraction of sp³-hybridized carbons (Fsp3) is 0.278. The third kappa shape index (κ3) is 4.45. The fourth-order valence-electron chi connectivity index (χ4n) is 2.68. The molecule has 4 amide bonds. The van der Waals surface area contributed by atoms with Gasteiger partial charge in [0.1, 0.15) is 12.6 Å². The van der Waals surface area contributed by atoms with Gasteiger partial charge < -0.3 is 10.6 Å². The van der Waals surface area contributed by atoms with Crippen LogP contribution in [0.3, 0.4) is 0 Å². The van der Waals surface area contributed by atoms with E-state index in [0.717, 1.165) is 15.3 Å². The summed E-state index contributed by atoms with van der Waals surface area (Å²) in [7, 11) is 0. The summed E-state index contributed by atoms with van der Waals surface area (Å²) in [6.07, 6.45) is 1.21. The maximum Gasteiger partial charge on any atom is 0.325 e. The van der Waals surface area contributed by atoms with Crippen LogP contribution in [0.2, 0.25) is 0 Å². The third-order valence-corrected chi connectivity index (χ3v) is 4.89.